The number of hydrogen-bond donors (Lipinski definition) is 0. The maximum atomic E-state index is 12.5. The van der Waals surface area contributed by atoms with Crippen molar-refractivity contribution in [1.82, 2.24) is 19.8 Å². The van der Waals surface area contributed by atoms with Gasteiger partial charge in [0, 0.05) is 15.6 Å². The van der Waals surface area contributed by atoms with Gasteiger partial charge in [-0.3, -0.25) is 4.79 Å². The number of benzene rings is 1. The van der Waals surface area contributed by atoms with Crippen LogP contribution in [0.15, 0.2) is 37.9 Å². The maximum Gasteiger partial charge on any atom is 0.297 e. The van der Waals surface area contributed by atoms with Gasteiger partial charge in [0.1, 0.15) is 11.4 Å². The molecule has 0 radical (unpaired) electrons. The lowest BCUT2D eigenvalue weighted by Crippen LogP contribution is -2.30. The van der Waals surface area contributed by atoms with Crippen LogP contribution in [0.5, 0.6) is 5.75 Å². The Morgan fingerprint density at radius 2 is 1.96 bits per heavy atom. The second-order valence-corrected chi connectivity index (χ2v) is 9.53. The van der Waals surface area contributed by atoms with Crippen molar-refractivity contribution < 1.29 is 4.74 Å². The van der Waals surface area contributed by atoms with Crippen molar-refractivity contribution >= 4 is 44.0 Å². The summed E-state index contributed by atoms with van der Waals surface area (Å²) in [7, 11) is 0. The molecule has 9 heteroatoms. The minimum atomic E-state index is -0.360. The average molecular weight is 441 g/mol. The molecule has 6 nitrogen and oxygen atoms in total. The fourth-order valence-electron chi connectivity index (χ4n) is 2.05. The summed E-state index contributed by atoms with van der Waals surface area (Å²) in [6.07, 6.45) is 0. The third-order valence-corrected chi connectivity index (χ3v) is 5.80. The van der Waals surface area contributed by atoms with E-state index in [9.17, 15) is 4.79 Å². The van der Waals surface area contributed by atoms with E-state index in [1.807, 2.05) is 45.0 Å². The quantitative estimate of drug-likeness (QED) is 0.444. The van der Waals surface area contributed by atoms with Crippen molar-refractivity contribution in [2.24, 2.45) is 0 Å². The molecule has 0 aliphatic heterocycles. The van der Waals surface area contributed by atoms with Crippen LogP contribution in [-0.2, 0) is 5.41 Å². The highest BCUT2D eigenvalue weighted by Crippen LogP contribution is 2.24. The second-order valence-electron chi connectivity index (χ2n) is 6.32. The fraction of sp³-hybridized carbons (Fsp3) is 0.375. The highest BCUT2D eigenvalue weighted by atomic mass is 79.9. The summed E-state index contributed by atoms with van der Waals surface area (Å²) in [5.74, 6) is 1.55. The summed E-state index contributed by atoms with van der Waals surface area (Å²) >= 11 is 6.29. The van der Waals surface area contributed by atoms with Crippen LogP contribution in [0.1, 0.15) is 26.5 Å². The Bertz CT molecular complexity index is 932. The predicted octanol–water partition coefficient (Wildman–Crippen LogP) is 3.78. The van der Waals surface area contributed by atoms with Gasteiger partial charge in [-0.05, 0) is 24.3 Å². The number of rotatable bonds is 5. The van der Waals surface area contributed by atoms with E-state index in [0.717, 1.165) is 20.3 Å². The number of fused-ring (bicyclic) bond motifs is 1. The Kier molecular flexibility index (Phi) is 5.45. The van der Waals surface area contributed by atoms with Gasteiger partial charge in [-0.1, -0.05) is 59.8 Å². The van der Waals surface area contributed by atoms with E-state index in [1.54, 1.807) is 0 Å². The zero-order valence-electron chi connectivity index (χ0n) is 14.0. The van der Waals surface area contributed by atoms with E-state index in [0.29, 0.717) is 17.3 Å². The van der Waals surface area contributed by atoms with E-state index < -0.39 is 0 Å². The fourth-order valence-corrected chi connectivity index (χ4v) is 4.07. The van der Waals surface area contributed by atoms with E-state index in [4.69, 9.17) is 4.74 Å². The molecule has 0 aliphatic carbocycles. The van der Waals surface area contributed by atoms with E-state index in [2.05, 4.69) is 31.2 Å². The molecule has 0 saturated carbocycles. The molecule has 25 heavy (non-hydrogen) atoms. The molecule has 0 fully saturated rings. The standard InChI is InChI=1S/C16H17BrN4O2S2/c1-16(2,3)12-13(22)21-14(19-18-12)25-15(20-21)24-9-8-23-11-6-4-10(17)5-7-11/h4-7H,8-9H2,1-3H3. The van der Waals surface area contributed by atoms with Crippen LogP contribution < -0.4 is 10.3 Å². The normalized spacial score (nSPS) is 11.8. The monoisotopic (exact) mass is 440 g/mol. The minimum absolute atomic E-state index is 0.202. The van der Waals surface area contributed by atoms with Gasteiger partial charge in [-0.15, -0.1) is 15.3 Å². The largest absolute Gasteiger partial charge is 0.493 e. The highest BCUT2D eigenvalue weighted by Gasteiger charge is 2.23. The lowest BCUT2D eigenvalue weighted by atomic mass is 9.93. The molecule has 1 aromatic carbocycles. The number of ether oxygens (including phenoxy) is 1. The molecule has 0 unspecified atom stereocenters. The molecule has 0 spiro atoms. The number of hydrogen-bond acceptors (Lipinski definition) is 7. The molecule has 0 atom stereocenters. The van der Waals surface area contributed by atoms with E-state index in [-0.39, 0.29) is 11.0 Å². The van der Waals surface area contributed by atoms with Gasteiger partial charge in [0.2, 0.25) is 4.96 Å². The second kappa shape index (κ2) is 7.43. The summed E-state index contributed by atoms with van der Waals surface area (Å²) in [6.45, 7) is 6.36. The Morgan fingerprint density at radius 3 is 2.64 bits per heavy atom. The first-order chi connectivity index (χ1) is 11.8. The van der Waals surface area contributed by atoms with Crippen LogP contribution >= 0.6 is 39.0 Å². The van der Waals surface area contributed by atoms with Gasteiger partial charge < -0.3 is 4.74 Å². The van der Waals surface area contributed by atoms with E-state index >= 15 is 0 Å². The summed E-state index contributed by atoms with van der Waals surface area (Å²) in [5.41, 5.74) is -0.141. The van der Waals surface area contributed by atoms with Crippen molar-refractivity contribution in [2.75, 3.05) is 12.4 Å². The SMILES string of the molecule is CC(C)(C)c1nnc2sc(SCCOc3ccc(Br)cc3)nn2c1=O. The van der Waals surface area contributed by atoms with Crippen LogP contribution in [0.4, 0.5) is 0 Å². The zero-order valence-corrected chi connectivity index (χ0v) is 17.2. The van der Waals surface area contributed by atoms with Gasteiger partial charge in [0.15, 0.2) is 4.34 Å². The van der Waals surface area contributed by atoms with Crippen LogP contribution in [0.2, 0.25) is 0 Å². The molecule has 0 bridgehead atoms. The maximum absolute atomic E-state index is 12.5. The first kappa shape index (κ1) is 18.3. The van der Waals surface area contributed by atoms with Crippen molar-refractivity contribution in [3.8, 4) is 5.75 Å². The zero-order chi connectivity index (χ0) is 18.0. The summed E-state index contributed by atoms with van der Waals surface area (Å²) in [4.78, 5) is 13.0. The lowest BCUT2D eigenvalue weighted by Gasteiger charge is -2.14. The molecule has 132 valence electrons. The Hall–Kier alpha value is -1.45. The molecular weight excluding hydrogens is 424 g/mol. The highest BCUT2D eigenvalue weighted by molar-refractivity contribution is 9.10. The summed E-state index contributed by atoms with van der Waals surface area (Å²) < 4.78 is 8.82. The van der Waals surface area contributed by atoms with Gasteiger partial charge in [-0.25, -0.2) is 0 Å². The molecule has 3 aromatic rings. The lowest BCUT2D eigenvalue weighted by molar-refractivity contribution is 0.344. The number of thioether (sulfide) groups is 1. The minimum Gasteiger partial charge on any atom is -0.493 e. The van der Waals surface area contributed by atoms with Gasteiger partial charge in [0.05, 0.1) is 6.61 Å². The van der Waals surface area contributed by atoms with Crippen molar-refractivity contribution in [3.63, 3.8) is 0 Å². The van der Waals surface area contributed by atoms with Crippen LogP contribution in [0.3, 0.4) is 0 Å². The smallest absolute Gasteiger partial charge is 0.297 e. The summed E-state index contributed by atoms with van der Waals surface area (Å²) in [5, 5.41) is 12.6. The van der Waals surface area contributed by atoms with Crippen molar-refractivity contribution in [2.45, 2.75) is 30.5 Å². The third kappa shape index (κ3) is 4.39. The molecule has 2 aromatic heterocycles. The number of aromatic nitrogens is 4. The van der Waals surface area contributed by atoms with Crippen molar-refractivity contribution in [3.05, 3.63) is 44.8 Å². The van der Waals surface area contributed by atoms with E-state index in [1.165, 1.54) is 27.6 Å². The van der Waals surface area contributed by atoms with Crippen LogP contribution in [0, 0.1) is 0 Å². The molecule has 0 amide bonds. The molecule has 0 saturated heterocycles. The molecule has 3 rings (SSSR count). The first-order valence-electron chi connectivity index (χ1n) is 7.63. The Balaban J connectivity index is 1.65. The predicted molar refractivity (Wildman–Crippen MR) is 104 cm³/mol. The van der Waals surface area contributed by atoms with Crippen molar-refractivity contribution in [1.29, 1.82) is 0 Å². The Labute approximate surface area is 161 Å². The molecular formula is C16H17BrN4O2S2. The topological polar surface area (TPSA) is 69.4 Å². The van der Waals surface area contributed by atoms with Crippen LogP contribution in [0.25, 0.3) is 4.96 Å². The number of nitrogens with zero attached hydrogens (tertiary/aromatic N) is 4. The van der Waals surface area contributed by atoms with Gasteiger partial charge >= 0.3 is 0 Å². The van der Waals surface area contributed by atoms with Gasteiger partial charge in [-0.2, -0.15) is 4.52 Å². The molecule has 0 N–H and O–H groups in total. The molecule has 0 aliphatic rings. The average Bonchev–Trinajstić information content (AvgIpc) is 2.96. The first-order valence-corrected chi connectivity index (χ1v) is 10.2. The number of halogens is 1. The third-order valence-electron chi connectivity index (χ3n) is 3.27. The van der Waals surface area contributed by atoms with Crippen LogP contribution in [-0.4, -0.2) is 32.2 Å². The van der Waals surface area contributed by atoms with Gasteiger partial charge in [0.25, 0.3) is 5.56 Å². The Morgan fingerprint density at radius 1 is 1.24 bits per heavy atom. The summed E-state index contributed by atoms with van der Waals surface area (Å²) in [6, 6.07) is 7.70. The molecule has 2 heterocycles.